The van der Waals surface area contributed by atoms with Crippen molar-refractivity contribution in [2.24, 2.45) is 0 Å². The number of hydrogen-bond acceptors (Lipinski definition) is 8. The Balaban J connectivity index is 0.00000261. The summed E-state index contributed by atoms with van der Waals surface area (Å²) in [5.74, 6) is -0.910. The normalized spacial score (nSPS) is 10.4. The van der Waals surface area contributed by atoms with Crippen molar-refractivity contribution in [3.8, 4) is 23.0 Å². The van der Waals surface area contributed by atoms with E-state index in [2.05, 4.69) is 5.16 Å². The minimum Gasteiger partial charge on any atom is -0.546 e. The molecule has 0 saturated heterocycles. The maximum atomic E-state index is 10.4. The average molecular weight is 381 g/mol. The van der Waals surface area contributed by atoms with Crippen LogP contribution in [0.25, 0.3) is 11.0 Å². The van der Waals surface area contributed by atoms with E-state index in [-0.39, 0.29) is 52.4 Å². The molecule has 0 amide bonds. The minimum absolute atomic E-state index is 0. The third kappa shape index (κ3) is 4.85. The number of aromatic hydroxyl groups is 2. The van der Waals surface area contributed by atoms with Gasteiger partial charge in [-0.3, -0.25) is 0 Å². The van der Waals surface area contributed by atoms with Gasteiger partial charge in [0.1, 0.15) is 18.1 Å². The predicted molar refractivity (Wildman–Crippen MR) is 88.2 cm³/mol. The molecule has 27 heavy (non-hydrogen) atoms. The third-order valence-corrected chi connectivity index (χ3v) is 3.85. The Morgan fingerprint density at radius 3 is 2.63 bits per heavy atom. The molecule has 3 rings (SSSR count). The molecule has 0 spiro atoms. The molecule has 0 fully saturated rings. The van der Waals surface area contributed by atoms with Crippen molar-refractivity contribution in [3.63, 3.8) is 0 Å². The van der Waals surface area contributed by atoms with E-state index in [1.807, 2.05) is 6.07 Å². The van der Waals surface area contributed by atoms with Crippen LogP contribution >= 0.6 is 0 Å². The summed E-state index contributed by atoms with van der Waals surface area (Å²) in [7, 11) is 1.48. The van der Waals surface area contributed by atoms with Crippen molar-refractivity contribution in [3.05, 3.63) is 41.6 Å². The molecule has 3 aromatic rings. The summed E-state index contributed by atoms with van der Waals surface area (Å²) in [6.07, 6.45) is 1.02. The number of carboxylic acids is 1. The molecule has 2 N–H and O–H groups in total. The quantitative estimate of drug-likeness (QED) is 0.458. The van der Waals surface area contributed by atoms with Gasteiger partial charge in [-0.1, -0.05) is 11.2 Å². The van der Waals surface area contributed by atoms with Crippen LogP contribution in [0.1, 0.15) is 11.3 Å². The van der Waals surface area contributed by atoms with E-state index in [0.717, 1.165) is 5.56 Å². The fourth-order valence-corrected chi connectivity index (χ4v) is 2.64. The number of carbonyl (C=O) groups excluding carboxylic acids is 1. The Hall–Kier alpha value is -2.42. The van der Waals surface area contributed by atoms with Crippen LogP contribution in [0.2, 0.25) is 0 Å². The number of phenols is 2. The zero-order chi connectivity index (χ0) is 18.7. The van der Waals surface area contributed by atoms with Crippen LogP contribution in [0, 0.1) is 0 Å². The molecule has 0 aliphatic heterocycles. The van der Waals surface area contributed by atoms with Crippen LogP contribution in [-0.2, 0) is 17.6 Å². The summed E-state index contributed by atoms with van der Waals surface area (Å²) in [6, 6.07) is 7.85. The number of rotatable bonds is 7. The Morgan fingerprint density at radius 2 is 1.96 bits per heavy atom. The van der Waals surface area contributed by atoms with Crippen molar-refractivity contribution in [2.45, 2.75) is 12.8 Å². The second-order valence-corrected chi connectivity index (χ2v) is 5.61. The van der Waals surface area contributed by atoms with Gasteiger partial charge in [-0.2, -0.15) is 0 Å². The van der Waals surface area contributed by atoms with E-state index in [0.29, 0.717) is 29.7 Å². The van der Waals surface area contributed by atoms with Gasteiger partial charge in [0.2, 0.25) is 0 Å². The fraction of sp³-hybridized carbons (Fsp3) is 0.222. The van der Waals surface area contributed by atoms with Gasteiger partial charge in [0.25, 0.3) is 0 Å². The first kappa shape index (κ1) is 20.9. The van der Waals surface area contributed by atoms with Crippen LogP contribution < -0.4 is 44.1 Å². The first-order valence-corrected chi connectivity index (χ1v) is 7.77. The molecular formula is C18H16NNaO7. The number of hydrogen-bond donors (Lipinski definition) is 2. The van der Waals surface area contributed by atoms with Gasteiger partial charge in [-0.15, -0.1) is 0 Å². The van der Waals surface area contributed by atoms with Gasteiger partial charge in [-0.25, -0.2) is 0 Å². The molecular weight excluding hydrogens is 365 g/mol. The molecule has 1 aromatic heterocycles. The molecule has 8 nitrogen and oxygen atoms in total. The summed E-state index contributed by atoms with van der Waals surface area (Å²) >= 11 is 0. The first-order valence-electron chi connectivity index (χ1n) is 7.77. The van der Waals surface area contributed by atoms with E-state index in [9.17, 15) is 20.1 Å². The number of phenolic OH excluding ortho intramolecular Hbond substituents is 2. The summed E-state index contributed by atoms with van der Waals surface area (Å²) in [5, 5.41) is 34.9. The van der Waals surface area contributed by atoms with Gasteiger partial charge in [-0.05, 0) is 30.5 Å². The standard InChI is InChI=1S/C18H17NO7.Na/c1-24-15-5-3-10(6-13(15)20)2-4-12-18-14(21)7-11(25-9-17(22)23)8-16(18)26-19-12;/h3,5-8,20-21H,2,4,9H2,1H3,(H,22,23);/q;+1/p-1. The zero-order valence-electron chi connectivity index (χ0n) is 14.9. The number of ether oxygens (including phenoxy) is 2. The molecule has 0 atom stereocenters. The molecule has 0 aliphatic rings. The number of aliphatic carboxylic acids is 1. The number of aromatic nitrogens is 1. The maximum absolute atomic E-state index is 10.4. The summed E-state index contributed by atoms with van der Waals surface area (Å²) in [6.45, 7) is -0.632. The Kier molecular flexibility index (Phi) is 6.95. The van der Waals surface area contributed by atoms with Crippen LogP contribution in [-0.4, -0.2) is 35.1 Å². The molecule has 2 aromatic carbocycles. The summed E-state index contributed by atoms with van der Waals surface area (Å²) < 4.78 is 15.2. The van der Waals surface area contributed by atoms with Crippen molar-refractivity contribution < 1.29 is 63.7 Å². The first-order chi connectivity index (χ1) is 12.5. The molecule has 136 valence electrons. The largest absolute Gasteiger partial charge is 1.00 e. The number of fused-ring (bicyclic) bond motifs is 1. The number of carboxylic acid groups (broad SMARTS) is 1. The summed E-state index contributed by atoms with van der Waals surface area (Å²) in [4.78, 5) is 10.4. The second kappa shape index (κ2) is 8.98. The van der Waals surface area contributed by atoms with E-state index < -0.39 is 12.6 Å². The van der Waals surface area contributed by atoms with E-state index in [1.165, 1.54) is 19.2 Å². The van der Waals surface area contributed by atoms with Crippen LogP contribution in [0.5, 0.6) is 23.0 Å². The molecule has 0 aliphatic carbocycles. The number of aryl methyl sites for hydroxylation is 2. The predicted octanol–water partition coefficient (Wildman–Crippen LogP) is -1.83. The monoisotopic (exact) mass is 381 g/mol. The van der Waals surface area contributed by atoms with Gasteiger partial charge < -0.3 is 34.1 Å². The van der Waals surface area contributed by atoms with Gasteiger partial charge in [0.05, 0.1) is 24.2 Å². The van der Waals surface area contributed by atoms with Crippen LogP contribution in [0.4, 0.5) is 0 Å². The molecule has 0 saturated carbocycles. The SMILES string of the molecule is COc1ccc(CCc2noc3cc(OCC(=O)[O-])cc(O)c23)cc1O.[Na+]. The van der Waals surface area contributed by atoms with Crippen molar-refractivity contribution >= 4 is 16.9 Å². The van der Waals surface area contributed by atoms with Gasteiger partial charge in [0, 0.05) is 12.1 Å². The van der Waals surface area contributed by atoms with E-state index >= 15 is 0 Å². The number of nitrogens with zero attached hydrogens (tertiary/aromatic N) is 1. The Bertz CT molecular complexity index is 954. The van der Waals surface area contributed by atoms with Crippen molar-refractivity contribution in [1.82, 2.24) is 5.16 Å². The third-order valence-electron chi connectivity index (χ3n) is 3.85. The zero-order valence-corrected chi connectivity index (χ0v) is 16.9. The smallest absolute Gasteiger partial charge is 0.546 e. The number of carbonyl (C=O) groups is 1. The topological polar surface area (TPSA) is 125 Å². The second-order valence-electron chi connectivity index (χ2n) is 5.61. The molecule has 0 bridgehead atoms. The Morgan fingerprint density at radius 1 is 1.19 bits per heavy atom. The van der Waals surface area contributed by atoms with Crippen LogP contribution in [0.3, 0.4) is 0 Å². The Labute approximate surface area is 176 Å². The fourth-order valence-electron chi connectivity index (χ4n) is 2.64. The average Bonchev–Trinajstić information content (AvgIpc) is 3.02. The van der Waals surface area contributed by atoms with Crippen molar-refractivity contribution in [2.75, 3.05) is 13.7 Å². The van der Waals surface area contributed by atoms with Crippen molar-refractivity contribution in [1.29, 1.82) is 0 Å². The molecule has 0 unspecified atom stereocenters. The molecule has 0 radical (unpaired) electrons. The van der Waals surface area contributed by atoms with Crippen LogP contribution in [0.15, 0.2) is 34.9 Å². The van der Waals surface area contributed by atoms with Gasteiger partial charge >= 0.3 is 29.6 Å². The van der Waals surface area contributed by atoms with Gasteiger partial charge in [0.15, 0.2) is 17.1 Å². The molecule has 1 heterocycles. The molecule has 9 heteroatoms. The van der Waals surface area contributed by atoms with E-state index in [4.69, 9.17) is 14.0 Å². The summed E-state index contributed by atoms with van der Waals surface area (Å²) in [5.41, 5.74) is 1.69. The van der Waals surface area contributed by atoms with E-state index in [1.54, 1.807) is 12.1 Å². The number of methoxy groups -OCH3 is 1. The number of benzene rings is 2. The minimum atomic E-state index is -1.37. The maximum Gasteiger partial charge on any atom is 1.00 e.